The summed E-state index contributed by atoms with van der Waals surface area (Å²) >= 11 is 17.1. The number of aromatic carboxylic acids is 1. The number of hydrogen-bond acceptors (Lipinski definition) is 23. The van der Waals surface area contributed by atoms with Crippen LogP contribution in [0.2, 0.25) is 10.0 Å². The highest BCUT2D eigenvalue weighted by Crippen LogP contribution is 2.24. The van der Waals surface area contributed by atoms with Gasteiger partial charge in [0.15, 0.2) is 27.3 Å². The highest BCUT2D eigenvalue weighted by molar-refractivity contribution is 14.1. The van der Waals surface area contributed by atoms with Crippen LogP contribution in [-0.2, 0) is 41.3 Å². The zero-order valence-corrected chi connectivity index (χ0v) is 50.8. The number of methoxy groups -OCH3 is 2. The minimum Gasteiger partial charge on any atom is -0.476 e. The first kappa shape index (κ1) is 65.6. The lowest BCUT2D eigenvalue weighted by Gasteiger charge is -2.26. The smallest absolute Gasteiger partial charge is 0.358 e. The van der Waals surface area contributed by atoms with Crippen molar-refractivity contribution in [2.45, 2.75) is 34.9 Å². The number of nitrogens with one attached hydrogen (secondary N) is 2. The minimum atomic E-state index is -1.14. The van der Waals surface area contributed by atoms with Gasteiger partial charge in [0, 0.05) is 69.3 Å². The first-order chi connectivity index (χ1) is 41.3. The van der Waals surface area contributed by atoms with Crippen LogP contribution in [0.4, 0.5) is 10.3 Å². The van der Waals surface area contributed by atoms with Crippen molar-refractivity contribution in [3.05, 3.63) is 205 Å². The number of anilines is 2. The maximum atomic E-state index is 12.4. The third-order valence-electron chi connectivity index (χ3n) is 11.8. The SMILES string of the molecule is COC(=O)c1ccc(=O)[nH]n1.COC(=O)c1ccc(=O)n(C2COC2)n1.IC1COC1.Nc1ncc(Cc2cccc(Cl)c2)s1.O=C(Nc1ncc(Cc2cccc(Cl)c2)s1)c1ccc(=O)n(C2COC2)n1.O=C(O)c1ccc(=O)n(C2COC2)n1. The summed E-state index contributed by atoms with van der Waals surface area (Å²) in [7, 11) is 2.51. The van der Waals surface area contributed by atoms with Crippen LogP contribution in [-0.4, -0.2) is 149 Å². The summed E-state index contributed by atoms with van der Waals surface area (Å²) in [5.74, 6) is -2.67. The molecule has 0 atom stereocenters. The third kappa shape index (κ3) is 19.8. The molecule has 6 aromatic heterocycles. The average molecular weight is 1370 g/mol. The van der Waals surface area contributed by atoms with Crippen LogP contribution in [0.5, 0.6) is 0 Å². The zero-order valence-electron chi connectivity index (χ0n) is 45.5. The molecule has 4 fully saturated rings. The molecule has 1 amide bonds. The maximum absolute atomic E-state index is 12.4. The molecule has 27 nitrogen and oxygen atoms in total. The van der Waals surface area contributed by atoms with Crippen LogP contribution in [0.15, 0.2) is 129 Å². The van der Waals surface area contributed by atoms with Gasteiger partial charge in [-0.2, -0.15) is 20.4 Å². The molecule has 8 aromatic rings. The first-order valence-corrected chi connectivity index (χ1v) is 29.1. The van der Waals surface area contributed by atoms with Crippen LogP contribution < -0.4 is 33.3 Å². The number of esters is 2. The molecule has 32 heteroatoms. The Morgan fingerprint density at radius 1 is 0.628 bits per heavy atom. The van der Waals surface area contributed by atoms with Gasteiger partial charge in [-0.1, -0.05) is 70.1 Å². The fraction of sp³-hybridized carbons (Fsp3) is 0.296. The number of nitrogens with two attached hydrogens (primary N) is 1. The van der Waals surface area contributed by atoms with Crippen molar-refractivity contribution in [2.75, 3.05) is 78.1 Å². The fourth-order valence-electron chi connectivity index (χ4n) is 7.08. The lowest BCUT2D eigenvalue weighted by atomic mass is 10.1. The largest absolute Gasteiger partial charge is 0.476 e. The van der Waals surface area contributed by atoms with Crippen molar-refractivity contribution in [2.24, 2.45) is 0 Å². The van der Waals surface area contributed by atoms with E-state index in [1.165, 1.54) is 100 Å². The van der Waals surface area contributed by atoms with E-state index in [4.69, 9.17) is 53.0 Å². The van der Waals surface area contributed by atoms with Gasteiger partial charge in [0.2, 0.25) is 0 Å². The van der Waals surface area contributed by atoms with E-state index in [0.29, 0.717) is 61.3 Å². The van der Waals surface area contributed by atoms with Crippen LogP contribution in [0, 0.1) is 0 Å². The molecular formula is C54H53Cl2IN12O15S2. The van der Waals surface area contributed by atoms with Crippen molar-refractivity contribution in [3.8, 4) is 0 Å². The molecule has 86 heavy (non-hydrogen) atoms. The van der Waals surface area contributed by atoms with E-state index in [1.807, 2.05) is 48.5 Å². The lowest BCUT2D eigenvalue weighted by molar-refractivity contribution is -0.0311. The van der Waals surface area contributed by atoms with Crippen molar-refractivity contribution < 1.29 is 52.7 Å². The highest BCUT2D eigenvalue weighted by Gasteiger charge is 2.26. The Morgan fingerprint density at radius 3 is 1.47 bits per heavy atom. The number of aromatic nitrogens is 10. The summed E-state index contributed by atoms with van der Waals surface area (Å²) in [6.45, 7) is 4.54. The molecule has 0 spiro atoms. The van der Waals surface area contributed by atoms with Gasteiger partial charge in [-0.15, -0.1) is 22.7 Å². The first-order valence-electron chi connectivity index (χ1n) is 25.5. The number of nitrogen functional groups attached to an aromatic ring is 1. The van der Waals surface area contributed by atoms with E-state index in [9.17, 15) is 38.4 Å². The Labute approximate surface area is 519 Å². The third-order valence-corrected chi connectivity index (χ3v) is 14.7. The quantitative estimate of drug-likeness (QED) is 0.0691. The highest BCUT2D eigenvalue weighted by atomic mass is 127. The second kappa shape index (κ2) is 32.5. The van der Waals surface area contributed by atoms with Gasteiger partial charge in [-0.3, -0.25) is 29.3 Å². The fourth-order valence-corrected chi connectivity index (χ4v) is 9.58. The normalized spacial score (nSPS) is 14.2. The number of halogens is 3. The van der Waals surface area contributed by atoms with Gasteiger partial charge < -0.3 is 39.3 Å². The second-order valence-corrected chi connectivity index (χ2v) is 23.1. The number of carboxylic acid groups (broad SMARTS) is 1. The number of benzene rings is 2. The Morgan fingerprint density at radius 2 is 1.06 bits per heavy atom. The molecule has 0 bridgehead atoms. The van der Waals surface area contributed by atoms with Gasteiger partial charge >= 0.3 is 17.9 Å². The van der Waals surface area contributed by atoms with Crippen molar-refractivity contribution in [1.82, 2.24) is 49.5 Å². The molecular weight excluding hydrogens is 1320 g/mol. The number of aromatic amines is 1. The predicted octanol–water partition coefficient (Wildman–Crippen LogP) is 5.23. The molecule has 4 aliphatic heterocycles. The number of amides is 1. The van der Waals surface area contributed by atoms with Crippen molar-refractivity contribution in [1.29, 1.82) is 0 Å². The number of carbonyl (C=O) groups is 4. The maximum Gasteiger partial charge on any atom is 0.358 e. The van der Waals surface area contributed by atoms with Gasteiger partial charge in [0.1, 0.15) is 23.8 Å². The average Bonchev–Trinajstić information content (AvgIpc) is 4.24. The van der Waals surface area contributed by atoms with Gasteiger partial charge in [-0.25, -0.2) is 43.5 Å². The Balaban J connectivity index is 0.000000156. The number of hydrogen-bond donors (Lipinski definition) is 4. The van der Waals surface area contributed by atoms with Gasteiger partial charge in [-0.05, 0) is 59.7 Å². The van der Waals surface area contributed by atoms with Crippen LogP contribution in [0.25, 0.3) is 0 Å². The number of alkyl halides is 1. The molecule has 0 aliphatic carbocycles. The number of carbonyl (C=O) groups excluding carboxylic acids is 3. The van der Waals surface area contributed by atoms with Crippen LogP contribution in [0.3, 0.4) is 0 Å². The molecule has 5 N–H and O–H groups in total. The molecule has 4 aliphatic rings. The molecule has 10 heterocycles. The van der Waals surface area contributed by atoms with Gasteiger partial charge in [0.05, 0.1) is 71.0 Å². The zero-order chi connectivity index (χ0) is 61.7. The summed E-state index contributed by atoms with van der Waals surface area (Å²) in [5.41, 5.74) is 6.90. The Hall–Kier alpha value is -7.95. The molecule has 0 unspecified atom stereocenters. The number of H-pyrrole nitrogens is 1. The Kier molecular flexibility index (Phi) is 24.8. The summed E-state index contributed by atoms with van der Waals surface area (Å²) in [5, 5.41) is 31.3. The van der Waals surface area contributed by atoms with Crippen LogP contribution in [0.1, 0.15) is 81.0 Å². The topological polar surface area (TPSA) is 358 Å². The number of carboxylic acids is 1. The van der Waals surface area contributed by atoms with E-state index in [-0.39, 0.29) is 63.1 Å². The second-order valence-electron chi connectivity index (χ2n) is 18.2. The lowest BCUT2D eigenvalue weighted by Crippen LogP contribution is -2.39. The molecule has 0 saturated carbocycles. The monoisotopic (exact) mass is 1370 g/mol. The number of nitrogens with zero attached hydrogens (tertiary/aromatic N) is 9. The molecule has 0 radical (unpaired) electrons. The summed E-state index contributed by atoms with van der Waals surface area (Å²) in [6, 6.07) is 25.4. The molecule has 452 valence electrons. The number of thiazole rings is 2. The molecule has 12 rings (SSSR count). The molecule has 2 aromatic carbocycles. The Bertz CT molecular complexity index is 3840. The van der Waals surface area contributed by atoms with E-state index < -0.39 is 23.8 Å². The number of rotatable bonds is 12. The van der Waals surface area contributed by atoms with Crippen LogP contribution >= 0.6 is 68.5 Å². The van der Waals surface area contributed by atoms with E-state index in [1.54, 1.807) is 12.4 Å². The summed E-state index contributed by atoms with van der Waals surface area (Å²) in [4.78, 5) is 100. The standard InChI is InChI=1S/C18H15ClN4O3S.C10H9ClN2S.C9H10N2O4.C8H8N2O4.C6H6N2O3.C3H5IO/c19-12-3-1-2-11(6-12)7-14-8-20-18(27-14)21-17(25)15-4-5-16(24)23(22-15)13-9-26-10-13;11-8-3-1-2-7(4-8)5-9-6-13-10(12)14-9;1-14-9(13)7-2-3-8(12)11(10-7)6-4-15-5-6;11-7-2-1-6(8(12)13)9-10(7)5-3-14-4-5;1-11-6(10)4-2-3-5(9)8-7-4;4-3-1-5-2-3/h1-6,8,13H,7,9-10H2,(H,20,21,25);1-4,6H,5H2,(H2,12,13);2-3,6H,4-5H2,1H3;1-2,5H,3-4H2,(H,12,13);2-3H,1H3,(H,8,9);3H,1-2H2. The predicted molar refractivity (Wildman–Crippen MR) is 323 cm³/mol. The number of ether oxygens (including phenoxy) is 6. The van der Waals surface area contributed by atoms with E-state index in [0.717, 1.165) is 48.6 Å². The molecule has 4 saturated heterocycles. The summed E-state index contributed by atoms with van der Waals surface area (Å²) < 4.78 is 33.2. The van der Waals surface area contributed by atoms with Crippen molar-refractivity contribution in [3.63, 3.8) is 0 Å². The van der Waals surface area contributed by atoms with Gasteiger partial charge in [0.25, 0.3) is 28.1 Å². The summed E-state index contributed by atoms with van der Waals surface area (Å²) in [6.07, 6.45) is 5.05. The van der Waals surface area contributed by atoms with E-state index >= 15 is 0 Å². The minimum absolute atomic E-state index is 0.0675. The van der Waals surface area contributed by atoms with E-state index in [2.05, 4.69) is 72.8 Å². The van der Waals surface area contributed by atoms with Crippen molar-refractivity contribution >= 4 is 103 Å².